The van der Waals surface area contributed by atoms with Crippen molar-refractivity contribution in [1.82, 2.24) is 4.98 Å². The molecule has 0 unspecified atom stereocenters. The Morgan fingerprint density at radius 2 is 2.33 bits per heavy atom. The molecule has 0 saturated carbocycles. The van der Waals surface area contributed by atoms with E-state index < -0.39 is 5.97 Å². The fourth-order valence-corrected chi connectivity index (χ4v) is 0.991. The van der Waals surface area contributed by atoms with Crippen molar-refractivity contribution in [3.05, 3.63) is 23.4 Å². The van der Waals surface area contributed by atoms with Crippen molar-refractivity contribution in [1.29, 1.82) is 5.26 Å². The number of pyridine rings is 1. The van der Waals surface area contributed by atoms with Crippen LogP contribution in [-0.2, 0) is 4.74 Å². The van der Waals surface area contributed by atoms with Gasteiger partial charge in [-0.25, -0.2) is 9.78 Å². The number of hydrogen-bond donors (Lipinski definition) is 0. The highest BCUT2D eigenvalue weighted by molar-refractivity contribution is 5.87. The number of rotatable bonds is 3. The van der Waals surface area contributed by atoms with Gasteiger partial charge in [0.1, 0.15) is 11.6 Å². The summed E-state index contributed by atoms with van der Waals surface area (Å²) in [6.07, 6.45) is 0. The second-order valence-corrected chi connectivity index (χ2v) is 2.59. The van der Waals surface area contributed by atoms with Crippen molar-refractivity contribution >= 4 is 5.97 Å². The number of carbonyl (C=O) groups is 1. The quantitative estimate of drug-likeness (QED) is 0.693. The topological polar surface area (TPSA) is 72.2 Å². The summed E-state index contributed by atoms with van der Waals surface area (Å²) in [5, 5.41) is 8.75. The van der Waals surface area contributed by atoms with E-state index in [1.165, 1.54) is 19.2 Å². The summed E-state index contributed by atoms with van der Waals surface area (Å²) in [7, 11) is 1.27. The van der Waals surface area contributed by atoms with Crippen LogP contribution in [0.5, 0.6) is 5.88 Å². The third-order valence-electron chi connectivity index (χ3n) is 1.66. The molecule has 5 heteroatoms. The zero-order chi connectivity index (χ0) is 11.3. The first kappa shape index (κ1) is 11.0. The van der Waals surface area contributed by atoms with E-state index in [0.29, 0.717) is 12.2 Å². The predicted octanol–water partition coefficient (Wildman–Crippen LogP) is 1.14. The molecule has 0 spiro atoms. The van der Waals surface area contributed by atoms with E-state index in [4.69, 9.17) is 10.00 Å². The summed E-state index contributed by atoms with van der Waals surface area (Å²) in [6, 6.07) is 4.82. The van der Waals surface area contributed by atoms with Crippen molar-refractivity contribution in [2.24, 2.45) is 0 Å². The highest BCUT2D eigenvalue weighted by Crippen LogP contribution is 2.15. The van der Waals surface area contributed by atoms with E-state index in [2.05, 4.69) is 9.72 Å². The van der Waals surface area contributed by atoms with Crippen molar-refractivity contribution in [2.75, 3.05) is 13.7 Å². The molecular formula is C10H10N2O3. The standard InChI is InChI=1S/C10H10N2O3/c1-3-15-9-7(6-11)4-5-8(12-9)10(13)14-2/h4-5H,3H2,1-2H3. The Hall–Kier alpha value is -2.09. The summed E-state index contributed by atoms with van der Waals surface area (Å²) in [6.45, 7) is 2.15. The number of nitrogens with zero attached hydrogens (tertiary/aromatic N) is 2. The van der Waals surface area contributed by atoms with Gasteiger partial charge in [0.15, 0.2) is 5.69 Å². The average Bonchev–Trinajstić information content (AvgIpc) is 2.28. The zero-order valence-electron chi connectivity index (χ0n) is 8.48. The Bertz CT molecular complexity index is 410. The second-order valence-electron chi connectivity index (χ2n) is 2.59. The van der Waals surface area contributed by atoms with E-state index in [0.717, 1.165) is 0 Å². The van der Waals surface area contributed by atoms with Crippen molar-refractivity contribution in [2.45, 2.75) is 6.92 Å². The number of aromatic nitrogens is 1. The molecule has 78 valence electrons. The maximum atomic E-state index is 11.1. The van der Waals surface area contributed by atoms with E-state index >= 15 is 0 Å². The molecule has 0 atom stereocenters. The number of hydrogen-bond acceptors (Lipinski definition) is 5. The van der Waals surface area contributed by atoms with E-state index in [1.54, 1.807) is 6.92 Å². The van der Waals surface area contributed by atoms with Crippen LogP contribution in [0.3, 0.4) is 0 Å². The molecule has 0 saturated heterocycles. The predicted molar refractivity (Wildman–Crippen MR) is 51.5 cm³/mol. The molecule has 1 aromatic rings. The monoisotopic (exact) mass is 206 g/mol. The SMILES string of the molecule is CCOc1nc(C(=O)OC)ccc1C#N. The van der Waals surface area contributed by atoms with E-state index in [1.807, 2.05) is 6.07 Å². The first-order chi connectivity index (χ1) is 7.22. The van der Waals surface area contributed by atoms with Gasteiger partial charge in [0.25, 0.3) is 0 Å². The summed E-state index contributed by atoms with van der Waals surface area (Å²) in [4.78, 5) is 15.0. The van der Waals surface area contributed by atoms with Crippen LogP contribution < -0.4 is 4.74 Å². The lowest BCUT2D eigenvalue weighted by Gasteiger charge is -2.05. The molecule has 0 aliphatic carbocycles. The molecule has 0 aromatic carbocycles. The van der Waals surface area contributed by atoms with Crippen molar-refractivity contribution in [3.63, 3.8) is 0 Å². The van der Waals surface area contributed by atoms with Gasteiger partial charge in [-0.15, -0.1) is 0 Å². The van der Waals surface area contributed by atoms with Crippen LogP contribution in [0, 0.1) is 11.3 Å². The first-order valence-electron chi connectivity index (χ1n) is 4.35. The molecule has 0 radical (unpaired) electrons. The Morgan fingerprint density at radius 3 is 2.87 bits per heavy atom. The molecule has 1 aromatic heterocycles. The summed E-state index contributed by atoms with van der Waals surface area (Å²) >= 11 is 0. The molecule has 5 nitrogen and oxygen atoms in total. The zero-order valence-corrected chi connectivity index (χ0v) is 8.48. The van der Waals surface area contributed by atoms with Gasteiger partial charge < -0.3 is 9.47 Å². The second kappa shape index (κ2) is 4.96. The molecule has 1 rings (SSSR count). The van der Waals surface area contributed by atoms with Crippen LogP contribution in [0.2, 0.25) is 0 Å². The largest absolute Gasteiger partial charge is 0.477 e. The number of nitriles is 1. The third kappa shape index (κ3) is 2.44. The number of esters is 1. The van der Waals surface area contributed by atoms with Crippen molar-refractivity contribution in [3.8, 4) is 11.9 Å². The lowest BCUT2D eigenvalue weighted by Crippen LogP contribution is -2.07. The lowest BCUT2D eigenvalue weighted by atomic mass is 10.2. The third-order valence-corrected chi connectivity index (χ3v) is 1.66. The Balaban J connectivity index is 3.11. The lowest BCUT2D eigenvalue weighted by molar-refractivity contribution is 0.0592. The van der Waals surface area contributed by atoms with Crippen LogP contribution in [0.1, 0.15) is 23.0 Å². The number of methoxy groups -OCH3 is 1. The van der Waals surface area contributed by atoms with Crippen LogP contribution in [-0.4, -0.2) is 24.7 Å². The van der Waals surface area contributed by atoms with Gasteiger partial charge in [-0.1, -0.05) is 0 Å². The molecule has 0 bridgehead atoms. The maximum Gasteiger partial charge on any atom is 0.356 e. The Morgan fingerprint density at radius 1 is 1.60 bits per heavy atom. The van der Waals surface area contributed by atoms with Crippen molar-refractivity contribution < 1.29 is 14.3 Å². The minimum absolute atomic E-state index is 0.125. The normalized spacial score (nSPS) is 9.13. The van der Waals surface area contributed by atoms with Gasteiger partial charge in [-0.2, -0.15) is 5.26 Å². The molecular weight excluding hydrogens is 196 g/mol. The van der Waals surface area contributed by atoms with Gasteiger partial charge in [-0.3, -0.25) is 0 Å². The highest BCUT2D eigenvalue weighted by Gasteiger charge is 2.12. The molecule has 0 fully saturated rings. The van der Waals surface area contributed by atoms with E-state index in [-0.39, 0.29) is 11.6 Å². The summed E-state index contributed by atoms with van der Waals surface area (Å²) in [5.41, 5.74) is 0.421. The number of carbonyl (C=O) groups excluding carboxylic acids is 1. The molecule has 0 aliphatic rings. The minimum Gasteiger partial charge on any atom is -0.477 e. The first-order valence-corrected chi connectivity index (χ1v) is 4.35. The Labute approximate surface area is 87.3 Å². The van der Waals surface area contributed by atoms with Crippen LogP contribution >= 0.6 is 0 Å². The van der Waals surface area contributed by atoms with Crippen LogP contribution in [0.25, 0.3) is 0 Å². The van der Waals surface area contributed by atoms with Gasteiger partial charge >= 0.3 is 5.97 Å². The molecule has 15 heavy (non-hydrogen) atoms. The van der Waals surface area contributed by atoms with Gasteiger partial charge in [0, 0.05) is 0 Å². The molecule has 1 heterocycles. The Kier molecular flexibility index (Phi) is 3.63. The maximum absolute atomic E-state index is 11.1. The summed E-state index contributed by atoms with van der Waals surface area (Å²) < 4.78 is 9.62. The van der Waals surface area contributed by atoms with Crippen LogP contribution in [0.15, 0.2) is 12.1 Å². The summed E-state index contributed by atoms with van der Waals surface area (Å²) in [5.74, 6) is -0.400. The van der Waals surface area contributed by atoms with Gasteiger partial charge in [0.05, 0.1) is 13.7 Å². The fourth-order valence-electron chi connectivity index (χ4n) is 0.991. The van der Waals surface area contributed by atoms with Crippen LogP contribution in [0.4, 0.5) is 0 Å². The minimum atomic E-state index is -0.555. The smallest absolute Gasteiger partial charge is 0.356 e. The molecule has 0 aliphatic heterocycles. The van der Waals surface area contributed by atoms with E-state index in [9.17, 15) is 4.79 Å². The average molecular weight is 206 g/mol. The molecule has 0 N–H and O–H groups in total. The highest BCUT2D eigenvalue weighted by atomic mass is 16.5. The van der Waals surface area contributed by atoms with Gasteiger partial charge in [0.2, 0.25) is 5.88 Å². The van der Waals surface area contributed by atoms with Gasteiger partial charge in [-0.05, 0) is 19.1 Å². The number of ether oxygens (including phenoxy) is 2. The fraction of sp³-hybridized carbons (Fsp3) is 0.300. The molecule has 0 amide bonds.